The van der Waals surface area contributed by atoms with Crippen molar-refractivity contribution < 1.29 is 31.1 Å². The first-order chi connectivity index (χ1) is 15.6. The molecule has 0 saturated heterocycles. The number of benzene rings is 2. The van der Waals surface area contributed by atoms with Gasteiger partial charge in [0.25, 0.3) is 0 Å². The van der Waals surface area contributed by atoms with Gasteiger partial charge in [0.2, 0.25) is 0 Å². The maximum Gasteiger partial charge on any atom is 0.343 e. The fraction of sp³-hybridized carbons (Fsp3) is 0.462. The number of halogens is 6. The summed E-state index contributed by atoms with van der Waals surface area (Å²) in [4.78, 5) is 0. The number of rotatable bonds is 6. The standard InChI is InChI=1S/C26H26F6O/c1-3-15-5-7-16(8-6-15)9-10-17-11-12-18-19-13-14-20(33-4-2)24(28)22(19)26(31,32)25(29,30)21(18)23(17)27/h3,11-16H,1,4-10H2,2H3. The van der Waals surface area contributed by atoms with Crippen molar-refractivity contribution in [3.63, 3.8) is 0 Å². The number of hydrogen-bond acceptors (Lipinski definition) is 1. The summed E-state index contributed by atoms with van der Waals surface area (Å²) in [6, 6.07) is 4.74. The van der Waals surface area contributed by atoms with E-state index < -0.39 is 51.5 Å². The van der Waals surface area contributed by atoms with Crippen LogP contribution in [-0.2, 0) is 18.3 Å². The third kappa shape index (κ3) is 3.83. The molecule has 4 rings (SSSR count). The molecule has 1 saturated carbocycles. The van der Waals surface area contributed by atoms with Crippen molar-refractivity contribution in [1.29, 1.82) is 0 Å². The molecular weight excluding hydrogens is 442 g/mol. The zero-order chi connectivity index (χ0) is 24.0. The van der Waals surface area contributed by atoms with Crippen molar-refractivity contribution in [3.05, 3.63) is 65.2 Å². The van der Waals surface area contributed by atoms with Crippen molar-refractivity contribution in [2.75, 3.05) is 6.61 Å². The van der Waals surface area contributed by atoms with E-state index in [0.717, 1.165) is 37.8 Å². The molecule has 1 nitrogen and oxygen atoms in total. The SMILES string of the molecule is C=CC1CCC(CCc2ccc3c(c2F)C(F)(F)C(F)(F)c2c-3ccc(OCC)c2F)CC1. The summed E-state index contributed by atoms with van der Waals surface area (Å²) in [5.41, 5.74) is -3.72. The van der Waals surface area contributed by atoms with E-state index in [0.29, 0.717) is 18.3 Å². The first kappa shape index (κ1) is 23.7. The monoisotopic (exact) mass is 468 g/mol. The second kappa shape index (κ2) is 8.73. The lowest BCUT2D eigenvalue weighted by atomic mass is 9.77. The Morgan fingerprint density at radius 2 is 1.48 bits per heavy atom. The quantitative estimate of drug-likeness (QED) is 0.307. The highest BCUT2D eigenvalue weighted by molar-refractivity contribution is 5.77. The fourth-order valence-corrected chi connectivity index (χ4v) is 5.09. The van der Waals surface area contributed by atoms with E-state index in [1.54, 1.807) is 0 Å². The summed E-state index contributed by atoms with van der Waals surface area (Å²) in [5.74, 6) is -12.5. The molecule has 2 aromatic carbocycles. The van der Waals surface area contributed by atoms with Crippen molar-refractivity contribution >= 4 is 0 Å². The molecule has 0 aromatic heterocycles. The van der Waals surface area contributed by atoms with Crippen LogP contribution in [0.3, 0.4) is 0 Å². The summed E-state index contributed by atoms with van der Waals surface area (Å²) in [5, 5.41) is 0. The van der Waals surface area contributed by atoms with Gasteiger partial charge < -0.3 is 4.74 Å². The Morgan fingerprint density at radius 3 is 2.06 bits per heavy atom. The van der Waals surface area contributed by atoms with E-state index in [-0.39, 0.29) is 18.6 Å². The summed E-state index contributed by atoms with van der Waals surface area (Å²) in [6.07, 6.45) is 6.53. The Kier molecular flexibility index (Phi) is 6.27. The molecule has 178 valence electrons. The number of aryl methyl sites for hydroxylation is 1. The highest BCUT2D eigenvalue weighted by Crippen LogP contribution is 2.60. The normalized spacial score (nSPS) is 22.9. The van der Waals surface area contributed by atoms with Crippen LogP contribution in [0.25, 0.3) is 11.1 Å². The molecule has 0 unspecified atom stereocenters. The lowest BCUT2D eigenvalue weighted by molar-refractivity contribution is -0.228. The predicted octanol–water partition coefficient (Wildman–Crippen LogP) is 8.15. The topological polar surface area (TPSA) is 9.23 Å². The second-order valence-corrected chi connectivity index (χ2v) is 8.90. The van der Waals surface area contributed by atoms with E-state index in [1.807, 2.05) is 6.08 Å². The third-order valence-corrected chi connectivity index (χ3v) is 6.99. The van der Waals surface area contributed by atoms with Gasteiger partial charge in [-0.3, -0.25) is 0 Å². The molecule has 0 N–H and O–H groups in total. The molecular formula is C26H26F6O. The van der Waals surface area contributed by atoms with Gasteiger partial charge in [-0.05, 0) is 86.1 Å². The number of hydrogen-bond donors (Lipinski definition) is 0. The van der Waals surface area contributed by atoms with Crippen molar-refractivity contribution in [3.8, 4) is 16.9 Å². The average molecular weight is 468 g/mol. The largest absolute Gasteiger partial charge is 0.491 e. The van der Waals surface area contributed by atoms with Crippen LogP contribution in [-0.4, -0.2) is 6.61 Å². The Bertz CT molecular complexity index is 1050. The number of fused-ring (bicyclic) bond motifs is 3. The first-order valence-electron chi connectivity index (χ1n) is 11.3. The Morgan fingerprint density at radius 1 is 0.909 bits per heavy atom. The van der Waals surface area contributed by atoms with Gasteiger partial charge in [0.05, 0.1) is 17.7 Å². The third-order valence-electron chi connectivity index (χ3n) is 6.99. The number of ether oxygens (including phenoxy) is 1. The van der Waals surface area contributed by atoms with Crippen LogP contribution >= 0.6 is 0 Å². The molecule has 2 aliphatic carbocycles. The molecule has 0 aliphatic heterocycles. The summed E-state index contributed by atoms with van der Waals surface area (Å²) in [7, 11) is 0. The highest BCUT2D eigenvalue weighted by atomic mass is 19.3. The Labute approximate surface area is 189 Å². The number of allylic oxidation sites excluding steroid dienone is 1. The lowest BCUT2D eigenvalue weighted by Crippen LogP contribution is -2.41. The van der Waals surface area contributed by atoms with Crippen LogP contribution in [0.15, 0.2) is 36.9 Å². The van der Waals surface area contributed by atoms with Gasteiger partial charge in [0.1, 0.15) is 5.82 Å². The Balaban J connectivity index is 1.71. The zero-order valence-electron chi connectivity index (χ0n) is 18.4. The smallest absolute Gasteiger partial charge is 0.343 e. The second-order valence-electron chi connectivity index (χ2n) is 8.90. The molecule has 1 fully saturated rings. The molecule has 2 aromatic rings. The molecule has 2 aliphatic rings. The van der Waals surface area contributed by atoms with Crippen LogP contribution in [0.1, 0.15) is 55.7 Å². The van der Waals surface area contributed by atoms with E-state index in [4.69, 9.17) is 4.74 Å². The molecule has 0 heterocycles. The van der Waals surface area contributed by atoms with Crippen LogP contribution in [0, 0.1) is 23.5 Å². The Hall–Kier alpha value is -2.44. The molecule has 33 heavy (non-hydrogen) atoms. The van der Waals surface area contributed by atoms with Crippen molar-refractivity contribution in [2.24, 2.45) is 11.8 Å². The van der Waals surface area contributed by atoms with Gasteiger partial charge in [-0.25, -0.2) is 8.78 Å². The lowest BCUT2D eigenvalue weighted by Gasteiger charge is -2.36. The molecule has 7 heteroatoms. The van der Waals surface area contributed by atoms with E-state index in [9.17, 15) is 13.2 Å². The van der Waals surface area contributed by atoms with Crippen LogP contribution in [0.4, 0.5) is 26.3 Å². The van der Waals surface area contributed by atoms with E-state index in [2.05, 4.69) is 6.58 Å². The van der Waals surface area contributed by atoms with Gasteiger partial charge in [-0.1, -0.05) is 18.2 Å². The van der Waals surface area contributed by atoms with Gasteiger partial charge >= 0.3 is 11.8 Å². The van der Waals surface area contributed by atoms with Crippen molar-refractivity contribution in [2.45, 2.75) is 57.3 Å². The predicted molar refractivity (Wildman–Crippen MR) is 115 cm³/mol. The first-order valence-corrected chi connectivity index (χ1v) is 11.3. The van der Waals surface area contributed by atoms with Crippen molar-refractivity contribution in [1.82, 2.24) is 0 Å². The van der Waals surface area contributed by atoms with Gasteiger partial charge in [-0.15, -0.1) is 6.58 Å². The zero-order valence-corrected chi connectivity index (χ0v) is 18.4. The van der Waals surface area contributed by atoms with Crippen LogP contribution in [0.2, 0.25) is 0 Å². The molecule has 0 atom stereocenters. The van der Waals surface area contributed by atoms with Gasteiger partial charge in [0, 0.05) is 0 Å². The summed E-state index contributed by atoms with van der Waals surface area (Å²) in [6.45, 7) is 5.29. The fourth-order valence-electron chi connectivity index (χ4n) is 5.09. The minimum atomic E-state index is -4.94. The summed E-state index contributed by atoms with van der Waals surface area (Å²) < 4.78 is 95.1. The summed E-state index contributed by atoms with van der Waals surface area (Å²) >= 11 is 0. The van der Waals surface area contributed by atoms with Crippen LogP contribution < -0.4 is 4.74 Å². The molecule has 0 amide bonds. The van der Waals surface area contributed by atoms with E-state index >= 15 is 13.2 Å². The van der Waals surface area contributed by atoms with E-state index in [1.165, 1.54) is 19.1 Å². The van der Waals surface area contributed by atoms with Gasteiger partial charge in [-0.2, -0.15) is 17.6 Å². The molecule has 0 bridgehead atoms. The number of alkyl halides is 4. The maximum atomic E-state index is 15.3. The molecule has 0 radical (unpaired) electrons. The minimum absolute atomic E-state index is 0.0232. The van der Waals surface area contributed by atoms with Gasteiger partial charge in [0.15, 0.2) is 11.6 Å². The maximum absolute atomic E-state index is 15.3. The average Bonchev–Trinajstić information content (AvgIpc) is 2.78. The van der Waals surface area contributed by atoms with Crippen LogP contribution in [0.5, 0.6) is 5.75 Å². The molecule has 0 spiro atoms. The minimum Gasteiger partial charge on any atom is -0.491 e. The highest BCUT2D eigenvalue weighted by Gasteiger charge is 2.65.